The molecule has 0 amide bonds. The molecule has 1 aliphatic heterocycles. The fraction of sp³-hybridized carbons (Fsp3) is 0.333. The van der Waals surface area contributed by atoms with E-state index in [1.807, 2.05) is 56.3 Å². The Morgan fingerprint density at radius 1 is 1.06 bits per heavy atom. The summed E-state index contributed by atoms with van der Waals surface area (Å²) < 4.78 is 22.5. The van der Waals surface area contributed by atoms with Crippen LogP contribution in [0, 0.1) is 6.92 Å². The van der Waals surface area contributed by atoms with Gasteiger partial charge in [0.05, 0.1) is 38.0 Å². The van der Waals surface area contributed by atoms with Crippen LogP contribution in [0.15, 0.2) is 58.3 Å². The van der Waals surface area contributed by atoms with E-state index in [0.717, 1.165) is 39.4 Å². The van der Waals surface area contributed by atoms with Crippen LogP contribution in [0.3, 0.4) is 0 Å². The predicted octanol–water partition coefficient (Wildman–Crippen LogP) is 5.36. The van der Waals surface area contributed by atoms with Crippen LogP contribution in [0.25, 0.3) is 0 Å². The highest BCUT2D eigenvalue weighted by molar-refractivity contribution is 6.01. The van der Waals surface area contributed by atoms with E-state index in [9.17, 15) is 4.79 Å². The smallest absolute Gasteiger partial charge is 0.233 e. The summed E-state index contributed by atoms with van der Waals surface area (Å²) in [5.41, 5.74) is 5.27. The SMILES string of the molecule is CCOc1ccccc1[C@H]1C2=C(C[C@H](c3ccc(OC)c(OC)c3)CC2=O)Nc2onc(C)c21. The normalized spacial score (nSPS) is 19.2. The van der Waals surface area contributed by atoms with Crippen molar-refractivity contribution in [3.63, 3.8) is 0 Å². The number of ketones is 1. The third-order valence-electron chi connectivity index (χ3n) is 6.67. The van der Waals surface area contributed by atoms with Crippen molar-refractivity contribution in [2.75, 3.05) is 26.1 Å². The molecule has 0 fully saturated rings. The standard InChI is InChI=1S/C27H28N2O5/c1-5-33-21-9-7-6-8-18(21)25-24-15(2)29-34-27(24)28-19-12-17(13-20(30)26(19)25)16-10-11-22(31-3)23(14-16)32-4/h6-11,14,17,25,28H,5,12-13H2,1-4H3/t17-,25+/m0/s1. The molecular weight excluding hydrogens is 432 g/mol. The fourth-order valence-corrected chi connectivity index (χ4v) is 5.13. The van der Waals surface area contributed by atoms with Crippen LogP contribution < -0.4 is 19.5 Å². The van der Waals surface area contributed by atoms with Crippen LogP contribution in [-0.2, 0) is 4.79 Å². The van der Waals surface area contributed by atoms with Gasteiger partial charge in [0, 0.05) is 23.3 Å². The first kappa shape index (κ1) is 22.1. The molecule has 2 atom stereocenters. The second-order valence-electron chi connectivity index (χ2n) is 8.57. The molecule has 0 unspecified atom stereocenters. The summed E-state index contributed by atoms with van der Waals surface area (Å²) in [5, 5.41) is 7.59. The van der Waals surface area contributed by atoms with E-state index in [-0.39, 0.29) is 17.6 Å². The monoisotopic (exact) mass is 460 g/mol. The lowest BCUT2D eigenvalue weighted by molar-refractivity contribution is -0.116. The van der Waals surface area contributed by atoms with Gasteiger partial charge in [-0.3, -0.25) is 4.79 Å². The molecule has 0 spiro atoms. The highest BCUT2D eigenvalue weighted by atomic mass is 16.5. The molecule has 0 saturated carbocycles. The number of fused-ring (bicyclic) bond motifs is 1. The maximum absolute atomic E-state index is 13.7. The van der Waals surface area contributed by atoms with Gasteiger partial charge in [0.1, 0.15) is 5.75 Å². The number of rotatable bonds is 6. The van der Waals surface area contributed by atoms with Crippen LogP contribution >= 0.6 is 0 Å². The number of carbonyl (C=O) groups excluding carboxylic acids is 1. The first-order valence-corrected chi connectivity index (χ1v) is 11.5. The molecule has 0 saturated heterocycles. The highest BCUT2D eigenvalue weighted by Gasteiger charge is 2.42. The van der Waals surface area contributed by atoms with E-state index in [1.165, 1.54) is 0 Å². The zero-order chi connectivity index (χ0) is 23.8. The minimum Gasteiger partial charge on any atom is -0.494 e. The Morgan fingerprint density at radius 3 is 2.62 bits per heavy atom. The van der Waals surface area contributed by atoms with Crippen molar-refractivity contribution in [1.82, 2.24) is 5.16 Å². The Balaban J connectivity index is 1.60. The van der Waals surface area contributed by atoms with Gasteiger partial charge in [-0.15, -0.1) is 0 Å². The fourth-order valence-electron chi connectivity index (χ4n) is 5.13. The van der Waals surface area contributed by atoms with Crippen LogP contribution in [0.2, 0.25) is 0 Å². The number of nitrogens with one attached hydrogen (secondary N) is 1. The van der Waals surface area contributed by atoms with Gasteiger partial charge in [-0.25, -0.2) is 0 Å². The summed E-state index contributed by atoms with van der Waals surface area (Å²) >= 11 is 0. The molecule has 1 N–H and O–H groups in total. The second-order valence-corrected chi connectivity index (χ2v) is 8.57. The van der Waals surface area contributed by atoms with Crippen LogP contribution in [-0.4, -0.2) is 31.8 Å². The number of benzene rings is 2. The van der Waals surface area contributed by atoms with Gasteiger partial charge in [-0.2, -0.15) is 0 Å². The lowest BCUT2D eigenvalue weighted by Gasteiger charge is -2.35. The molecule has 7 nitrogen and oxygen atoms in total. The summed E-state index contributed by atoms with van der Waals surface area (Å²) in [5.74, 6) is 2.50. The largest absolute Gasteiger partial charge is 0.494 e. The number of anilines is 1. The summed E-state index contributed by atoms with van der Waals surface area (Å²) in [6.45, 7) is 4.41. The Morgan fingerprint density at radius 2 is 1.85 bits per heavy atom. The number of aromatic nitrogens is 1. The average Bonchev–Trinajstić information content (AvgIpc) is 3.23. The zero-order valence-corrected chi connectivity index (χ0v) is 19.8. The number of hydrogen-bond acceptors (Lipinski definition) is 7. The molecule has 2 aromatic carbocycles. The topological polar surface area (TPSA) is 82.8 Å². The van der Waals surface area contributed by atoms with Gasteiger partial charge in [0.15, 0.2) is 17.3 Å². The van der Waals surface area contributed by atoms with E-state index in [2.05, 4.69) is 10.5 Å². The zero-order valence-electron chi connectivity index (χ0n) is 19.8. The first-order valence-electron chi connectivity index (χ1n) is 11.5. The molecule has 1 aliphatic carbocycles. The van der Waals surface area contributed by atoms with Crippen molar-refractivity contribution in [3.05, 3.63) is 76.1 Å². The Kier molecular flexibility index (Phi) is 5.77. The highest BCUT2D eigenvalue weighted by Crippen LogP contribution is 2.51. The second kappa shape index (κ2) is 8.89. The molecule has 0 radical (unpaired) electrons. The summed E-state index contributed by atoms with van der Waals surface area (Å²) in [4.78, 5) is 13.7. The molecule has 34 heavy (non-hydrogen) atoms. The lowest BCUT2D eigenvalue weighted by Crippen LogP contribution is -2.29. The lowest BCUT2D eigenvalue weighted by atomic mass is 9.72. The number of Topliss-reactive ketones (excluding diaryl/α,β-unsaturated/α-hetero) is 1. The van der Waals surface area contributed by atoms with Crippen LogP contribution in [0.4, 0.5) is 5.88 Å². The number of allylic oxidation sites excluding steroid dienone is 2. The van der Waals surface area contributed by atoms with Gasteiger partial charge in [-0.1, -0.05) is 29.4 Å². The minimum absolute atomic E-state index is 0.00640. The maximum atomic E-state index is 13.7. The van der Waals surface area contributed by atoms with E-state index >= 15 is 0 Å². The number of ether oxygens (including phenoxy) is 3. The molecule has 1 aromatic heterocycles. The molecule has 3 aromatic rings. The molecule has 2 heterocycles. The molecular formula is C27H28N2O5. The molecule has 2 aliphatic rings. The molecule has 176 valence electrons. The molecule has 5 rings (SSSR count). The molecule has 7 heteroatoms. The summed E-state index contributed by atoms with van der Waals surface area (Å²) in [6.07, 6.45) is 1.08. The van der Waals surface area contributed by atoms with E-state index in [0.29, 0.717) is 36.8 Å². The number of aryl methyl sites for hydroxylation is 1. The maximum Gasteiger partial charge on any atom is 0.233 e. The third kappa shape index (κ3) is 3.61. The number of carbonyl (C=O) groups is 1. The first-order chi connectivity index (χ1) is 16.5. The Hall–Kier alpha value is -3.74. The van der Waals surface area contributed by atoms with Gasteiger partial charge >= 0.3 is 0 Å². The van der Waals surface area contributed by atoms with Crippen molar-refractivity contribution in [1.29, 1.82) is 0 Å². The van der Waals surface area contributed by atoms with Gasteiger partial charge in [0.2, 0.25) is 5.88 Å². The van der Waals surface area contributed by atoms with Crippen molar-refractivity contribution < 1.29 is 23.5 Å². The van der Waals surface area contributed by atoms with Gasteiger partial charge in [-0.05, 0) is 49.9 Å². The van der Waals surface area contributed by atoms with Crippen molar-refractivity contribution in [3.8, 4) is 17.2 Å². The number of hydrogen-bond donors (Lipinski definition) is 1. The van der Waals surface area contributed by atoms with Crippen molar-refractivity contribution in [2.45, 2.75) is 38.5 Å². The summed E-state index contributed by atoms with van der Waals surface area (Å²) in [6, 6.07) is 13.7. The van der Waals surface area contributed by atoms with E-state index in [4.69, 9.17) is 18.7 Å². The van der Waals surface area contributed by atoms with Crippen molar-refractivity contribution >= 4 is 11.7 Å². The average molecular weight is 461 g/mol. The van der Waals surface area contributed by atoms with Gasteiger partial charge < -0.3 is 24.1 Å². The molecule has 0 bridgehead atoms. The van der Waals surface area contributed by atoms with Crippen molar-refractivity contribution in [2.24, 2.45) is 0 Å². The third-order valence-corrected chi connectivity index (χ3v) is 6.67. The minimum atomic E-state index is -0.292. The summed E-state index contributed by atoms with van der Waals surface area (Å²) in [7, 11) is 3.23. The van der Waals surface area contributed by atoms with Gasteiger partial charge in [0.25, 0.3) is 0 Å². The number of nitrogens with zero attached hydrogens (tertiary/aromatic N) is 1. The van der Waals surface area contributed by atoms with Crippen LogP contribution in [0.1, 0.15) is 54.0 Å². The quantitative estimate of drug-likeness (QED) is 0.530. The predicted molar refractivity (Wildman–Crippen MR) is 128 cm³/mol. The Labute approximate surface area is 198 Å². The van der Waals surface area contributed by atoms with E-state index < -0.39 is 0 Å². The van der Waals surface area contributed by atoms with E-state index in [1.54, 1.807) is 14.2 Å². The number of methoxy groups -OCH3 is 2. The Bertz CT molecular complexity index is 1280. The number of para-hydroxylation sites is 1. The van der Waals surface area contributed by atoms with Crippen LogP contribution in [0.5, 0.6) is 17.2 Å².